The molecule has 0 heterocycles. The van der Waals surface area contributed by atoms with E-state index >= 15 is 0 Å². The second-order valence-corrected chi connectivity index (χ2v) is 22.9. The molecule has 0 unspecified atom stereocenters. The van der Waals surface area contributed by atoms with Gasteiger partial charge in [0.2, 0.25) is 0 Å². The quantitative estimate of drug-likeness (QED) is 0.0150. The van der Waals surface area contributed by atoms with E-state index in [4.69, 9.17) is 18.9 Å². The number of rotatable bonds is 46. The summed E-state index contributed by atoms with van der Waals surface area (Å²) < 4.78 is 90.3. The minimum atomic E-state index is -4.81. The van der Waals surface area contributed by atoms with Gasteiger partial charge in [0.15, 0.2) is 0 Å². The van der Waals surface area contributed by atoms with Gasteiger partial charge in [-0.15, -0.1) is 0 Å². The molecule has 2 rings (SSSR count). The number of carbonyl (C=O) groups excluding carboxylic acids is 4. The molecule has 0 saturated heterocycles. The standard InChI is InChI=1S/2C32H50O7S.Ca/c2*1-3-5-7-9-11-13-15-17-19-21-25-38-31(33)29-24-23-28(40(35,36)37)27-30(29)32(34)39-26-22-20-18-16-14-12-10-8-6-4-2;/h2*9-12,23-24,27H,3-8,13-22,25-26H2,1-2H3,(H,35,36,37);/q;;+2/p-2/b2*11-9+,12-10+;. The summed E-state index contributed by atoms with van der Waals surface area (Å²) in [5, 5.41) is 0. The summed E-state index contributed by atoms with van der Waals surface area (Å²) in [6.45, 7) is 9.37. The van der Waals surface area contributed by atoms with Crippen LogP contribution in [0.4, 0.5) is 0 Å². The summed E-state index contributed by atoms with van der Waals surface area (Å²) in [4.78, 5) is 49.6. The van der Waals surface area contributed by atoms with Crippen molar-refractivity contribution in [3.8, 4) is 0 Å². The summed E-state index contributed by atoms with van der Waals surface area (Å²) in [6, 6.07) is 6.12. The topological polar surface area (TPSA) is 220 Å². The molecule has 0 atom stereocenters. The Morgan fingerprint density at radius 2 is 0.543 bits per heavy atom. The van der Waals surface area contributed by atoms with Crippen molar-refractivity contribution in [3.05, 3.63) is 107 Å². The van der Waals surface area contributed by atoms with Crippen LogP contribution in [0.15, 0.2) is 94.8 Å². The molecule has 0 aromatic heterocycles. The molecule has 0 amide bonds. The first-order valence-corrected chi connectivity index (χ1v) is 32.9. The third kappa shape index (κ3) is 40.3. The fraction of sp³-hybridized carbons (Fsp3) is 0.625. The normalized spacial score (nSPS) is 11.7. The molecular formula is C64H98CaO14S2. The van der Waals surface area contributed by atoms with Crippen LogP contribution in [0.2, 0.25) is 0 Å². The number of benzene rings is 2. The minimum absolute atomic E-state index is 0. The number of esters is 4. The molecule has 81 heavy (non-hydrogen) atoms. The van der Waals surface area contributed by atoms with Gasteiger partial charge >= 0.3 is 61.6 Å². The van der Waals surface area contributed by atoms with Gasteiger partial charge in [-0.3, -0.25) is 0 Å². The number of carbonyl (C=O) groups is 4. The third-order valence-corrected chi connectivity index (χ3v) is 14.7. The van der Waals surface area contributed by atoms with E-state index in [-0.39, 0.29) is 86.4 Å². The smallest absolute Gasteiger partial charge is 0.744 e. The van der Waals surface area contributed by atoms with Gasteiger partial charge in [0.05, 0.1) is 58.5 Å². The molecule has 0 bridgehead atoms. The fourth-order valence-corrected chi connectivity index (χ4v) is 9.12. The molecule has 14 nitrogen and oxygen atoms in total. The zero-order valence-electron chi connectivity index (χ0n) is 49.8. The first kappa shape index (κ1) is 77.4. The van der Waals surface area contributed by atoms with Crippen molar-refractivity contribution in [2.45, 2.75) is 243 Å². The number of hydrogen-bond donors (Lipinski definition) is 0. The maximum Gasteiger partial charge on any atom is 2.00 e. The molecule has 0 saturated carbocycles. The molecule has 0 aliphatic carbocycles. The monoisotopic (exact) mass is 1190 g/mol. The second-order valence-electron chi connectivity index (χ2n) is 20.1. The van der Waals surface area contributed by atoms with Gasteiger partial charge in [-0.1, -0.05) is 179 Å². The molecule has 0 radical (unpaired) electrons. The first-order chi connectivity index (χ1) is 38.6. The van der Waals surface area contributed by atoms with Gasteiger partial charge in [0.25, 0.3) is 0 Å². The van der Waals surface area contributed by atoms with Crippen LogP contribution >= 0.6 is 0 Å². The summed E-state index contributed by atoms with van der Waals surface area (Å²) in [5.41, 5.74) is -0.753. The van der Waals surface area contributed by atoms with Crippen LogP contribution < -0.4 is 0 Å². The summed E-state index contributed by atoms with van der Waals surface area (Å²) in [7, 11) is -9.61. The Labute approximate surface area is 518 Å². The second kappa shape index (κ2) is 50.8. The van der Waals surface area contributed by atoms with E-state index in [0.717, 1.165) is 165 Å². The van der Waals surface area contributed by atoms with E-state index in [0.29, 0.717) is 25.7 Å². The SMILES string of the molecule is CCCC/C=C/CCCCCCOC(=O)c1ccc(S(=O)(=O)[O-])cc1C(=O)OCCCCCC/C=C/CCCC.CCCC/C=C/CCCCCCOC(=O)c1ccc(S(=O)(=O)[O-])cc1C(=O)OCCCCCC/C=C/CCCC.[Ca+2]. The molecule has 0 fully saturated rings. The van der Waals surface area contributed by atoms with E-state index in [1.807, 2.05) is 0 Å². The summed E-state index contributed by atoms with van der Waals surface area (Å²) >= 11 is 0. The Balaban J connectivity index is 0.00000156. The van der Waals surface area contributed by atoms with Gasteiger partial charge in [-0.25, -0.2) is 36.0 Å². The largest absolute Gasteiger partial charge is 2.00 e. The van der Waals surface area contributed by atoms with Crippen molar-refractivity contribution in [2.75, 3.05) is 26.4 Å². The molecular weight excluding hydrogens is 1100 g/mol. The van der Waals surface area contributed by atoms with Gasteiger partial charge < -0.3 is 28.1 Å². The summed E-state index contributed by atoms with van der Waals surface area (Å²) in [5.74, 6) is -3.17. The number of allylic oxidation sites excluding steroid dienone is 8. The van der Waals surface area contributed by atoms with Crippen LogP contribution in [0.5, 0.6) is 0 Å². The van der Waals surface area contributed by atoms with Crippen LogP contribution in [-0.2, 0) is 39.2 Å². The Morgan fingerprint density at radius 3 is 0.765 bits per heavy atom. The molecule has 0 N–H and O–H groups in total. The molecule has 0 aliphatic heterocycles. The molecule has 0 aliphatic rings. The van der Waals surface area contributed by atoms with Crippen molar-refractivity contribution in [2.24, 2.45) is 0 Å². The first-order valence-electron chi connectivity index (χ1n) is 30.1. The minimum Gasteiger partial charge on any atom is -0.744 e. The number of hydrogen-bond acceptors (Lipinski definition) is 14. The maximum atomic E-state index is 12.7. The van der Waals surface area contributed by atoms with Crippen LogP contribution in [0, 0.1) is 0 Å². The molecule has 0 spiro atoms. The van der Waals surface area contributed by atoms with E-state index in [1.54, 1.807) is 0 Å². The Bertz CT molecular complexity index is 2200. The Hall–Kier alpha value is -3.64. The average molecular weight is 1200 g/mol. The van der Waals surface area contributed by atoms with Gasteiger partial charge in [-0.05, 0) is 139 Å². The van der Waals surface area contributed by atoms with Crippen molar-refractivity contribution < 1.29 is 64.1 Å². The van der Waals surface area contributed by atoms with E-state index in [1.165, 1.54) is 51.4 Å². The van der Waals surface area contributed by atoms with Crippen molar-refractivity contribution in [1.82, 2.24) is 0 Å². The van der Waals surface area contributed by atoms with Crippen molar-refractivity contribution in [3.63, 3.8) is 0 Å². The van der Waals surface area contributed by atoms with E-state index in [9.17, 15) is 45.1 Å². The maximum absolute atomic E-state index is 12.7. The number of unbranched alkanes of at least 4 members (excludes halogenated alkanes) is 24. The van der Waals surface area contributed by atoms with Crippen LogP contribution in [-0.4, -0.2) is 114 Å². The van der Waals surface area contributed by atoms with Crippen molar-refractivity contribution in [1.29, 1.82) is 0 Å². The van der Waals surface area contributed by atoms with Crippen molar-refractivity contribution >= 4 is 81.9 Å². The molecule has 452 valence electrons. The van der Waals surface area contributed by atoms with Gasteiger partial charge in [-0.2, -0.15) is 0 Å². The fourth-order valence-electron chi connectivity index (χ4n) is 8.12. The third-order valence-electron chi connectivity index (χ3n) is 13.0. The summed E-state index contributed by atoms with van der Waals surface area (Å²) in [6.07, 6.45) is 50.6. The van der Waals surface area contributed by atoms with Gasteiger partial charge in [0.1, 0.15) is 20.2 Å². The Kier molecular flexibility index (Phi) is 48.6. The molecule has 2 aromatic rings. The average Bonchev–Trinajstić information content (AvgIpc) is 3.46. The zero-order valence-corrected chi connectivity index (χ0v) is 53.6. The zero-order chi connectivity index (χ0) is 59.0. The number of ether oxygens (including phenoxy) is 4. The predicted molar refractivity (Wildman–Crippen MR) is 323 cm³/mol. The van der Waals surface area contributed by atoms with E-state index < -0.39 is 53.9 Å². The van der Waals surface area contributed by atoms with Crippen LogP contribution in [0.3, 0.4) is 0 Å². The van der Waals surface area contributed by atoms with E-state index in [2.05, 4.69) is 76.3 Å². The van der Waals surface area contributed by atoms with Crippen LogP contribution in [0.1, 0.15) is 275 Å². The van der Waals surface area contributed by atoms with Crippen LogP contribution in [0.25, 0.3) is 0 Å². The predicted octanol–water partition coefficient (Wildman–Crippen LogP) is 16.2. The Morgan fingerprint density at radius 1 is 0.333 bits per heavy atom. The van der Waals surface area contributed by atoms with Gasteiger partial charge in [0, 0.05) is 0 Å². The molecule has 2 aromatic carbocycles. The molecule has 17 heteroatoms.